The van der Waals surface area contributed by atoms with Gasteiger partial charge < -0.3 is 15.4 Å². The van der Waals surface area contributed by atoms with Crippen LogP contribution in [0.3, 0.4) is 0 Å². The Morgan fingerprint density at radius 3 is 2.45 bits per heavy atom. The van der Waals surface area contributed by atoms with Gasteiger partial charge in [-0.25, -0.2) is 4.79 Å². The van der Waals surface area contributed by atoms with Gasteiger partial charge in [-0.2, -0.15) is 0 Å². The average molecular weight is 319 g/mol. The van der Waals surface area contributed by atoms with Gasteiger partial charge in [-0.1, -0.05) is 29.3 Å². The third-order valence-electron chi connectivity index (χ3n) is 2.41. The van der Waals surface area contributed by atoms with Crippen LogP contribution in [0.1, 0.15) is 26.3 Å². The van der Waals surface area contributed by atoms with E-state index in [2.05, 4.69) is 0 Å². The Hall–Kier alpha value is -0.970. The fourth-order valence-electron chi connectivity index (χ4n) is 1.58. The van der Waals surface area contributed by atoms with E-state index in [0.29, 0.717) is 29.7 Å². The summed E-state index contributed by atoms with van der Waals surface area (Å²) in [5.41, 5.74) is 5.88. The highest BCUT2D eigenvalue weighted by Gasteiger charge is 2.21. The van der Waals surface area contributed by atoms with Gasteiger partial charge in [-0.05, 0) is 38.5 Å². The SMILES string of the molecule is CC(C)(C)OC(=O)N(CCN)Cc1ccc(Cl)c(Cl)c1. The fraction of sp³-hybridized carbons (Fsp3) is 0.500. The fourth-order valence-corrected chi connectivity index (χ4v) is 1.90. The first-order chi connectivity index (χ1) is 9.23. The monoisotopic (exact) mass is 318 g/mol. The number of ether oxygens (including phenoxy) is 1. The van der Waals surface area contributed by atoms with Crippen LogP contribution in [-0.2, 0) is 11.3 Å². The summed E-state index contributed by atoms with van der Waals surface area (Å²) in [6, 6.07) is 5.26. The molecule has 0 saturated carbocycles. The molecule has 0 aliphatic rings. The molecule has 0 unspecified atom stereocenters. The van der Waals surface area contributed by atoms with Crippen LogP contribution in [0.25, 0.3) is 0 Å². The molecule has 20 heavy (non-hydrogen) atoms. The number of carbonyl (C=O) groups excluding carboxylic acids is 1. The number of rotatable bonds is 4. The number of carbonyl (C=O) groups is 1. The normalized spacial score (nSPS) is 11.3. The lowest BCUT2D eigenvalue weighted by molar-refractivity contribution is 0.0239. The van der Waals surface area contributed by atoms with Gasteiger partial charge in [0.15, 0.2) is 0 Å². The van der Waals surface area contributed by atoms with Crippen molar-refractivity contribution in [2.45, 2.75) is 32.9 Å². The van der Waals surface area contributed by atoms with Crippen LogP contribution in [0.2, 0.25) is 10.0 Å². The maximum Gasteiger partial charge on any atom is 0.410 e. The lowest BCUT2D eigenvalue weighted by Gasteiger charge is -2.27. The Bertz CT molecular complexity index is 473. The molecule has 1 rings (SSSR count). The number of halogens is 2. The van der Waals surface area contributed by atoms with E-state index in [0.717, 1.165) is 5.56 Å². The number of nitrogens with two attached hydrogens (primary N) is 1. The number of hydrogen-bond donors (Lipinski definition) is 1. The van der Waals surface area contributed by atoms with Gasteiger partial charge in [0.05, 0.1) is 10.0 Å². The van der Waals surface area contributed by atoms with Gasteiger partial charge in [0.25, 0.3) is 0 Å². The molecule has 0 bridgehead atoms. The average Bonchev–Trinajstić information content (AvgIpc) is 2.31. The second-order valence-corrected chi connectivity index (χ2v) is 6.25. The van der Waals surface area contributed by atoms with Crippen LogP contribution < -0.4 is 5.73 Å². The Labute approximate surface area is 129 Å². The highest BCUT2D eigenvalue weighted by atomic mass is 35.5. The van der Waals surface area contributed by atoms with Crippen molar-refractivity contribution in [2.75, 3.05) is 13.1 Å². The van der Waals surface area contributed by atoms with Crippen molar-refractivity contribution in [3.8, 4) is 0 Å². The van der Waals surface area contributed by atoms with Gasteiger partial charge in [-0.3, -0.25) is 0 Å². The third kappa shape index (κ3) is 5.57. The number of amides is 1. The van der Waals surface area contributed by atoms with E-state index in [4.69, 9.17) is 33.7 Å². The molecule has 1 aromatic carbocycles. The van der Waals surface area contributed by atoms with Crippen LogP contribution >= 0.6 is 23.2 Å². The minimum atomic E-state index is -0.540. The topological polar surface area (TPSA) is 55.6 Å². The molecule has 6 heteroatoms. The summed E-state index contributed by atoms with van der Waals surface area (Å²) in [5, 5.41) is 0.944. The molecular formula is C14H20Cl2N2O2. The molecule has 112 valence electrons. The van der Waals surface area contributed by atoms with E-state index in [1.807, 2.05) is 26.8 Å². The molecule has 0 aliphatic carbocycles. The third-order valence-corrected chi connectivity index (χ3v) is 3.15. The molecule has 0 heterocycles. The lowest BCUT2D eigenvalue weighted by atomic mass is 10.2. The van der Waals surface area contributed by atoms with Crippen LogP contribution in [-0.4, -0.2) is 29.7 Å². The minimum Gasteiger partial charge on any atom is -0.444 e. The lowest BCUT2D eigenvalue weighted by Crippen LogP contribution is -2.39. The smallest absolute Gasteiger partial charge is 0.410 e. The molecule has 0 aromatic heterocycles. The van der Waals surface area contributed by atoms with E-state index in [-0.39, 0.29) is 0 Å². The number of nitrogens with zero attached hydrogens (tertiary/aromatic N) is 1. The largest absolute Gasteiger partial charge is 0.444 e. The molecule has 0 atom stereocenters. The van der Waals surface area contributed by atoms with Gasteiger partial charge in [0, 0.05) is 19.6 Å². The van der Waals surface area contributed by atoms with Crippen LogP contribution in [0, 0.1) is 0 Å². The highest BCUT2D eigenvalue weighted by Crippen LogP contribution is 2.23. The van der Waals surface area contributed by atoms with Crippen molar-refractivity contribution >= 4 is 29.3 Å². The van der Waals surface area contributed by atoms with Crippen LogP contribution in [0.4, 0.5) is 4.79 Å². The standard InChI is InChI=1S/C14H20Cl2N2O2/c1-14(2,3)20-13(19)18(7-6-17)9-10-4-5-11(15)12(16)8-10/h4-5,8H,6-7,9,17H2,1-3H3. The van der Waals surface area contributed by atoms with Crippen molar-refractivity contribution in [2.24, 2.45) is 5.73 Å². The molecule has 1 aromatic rings. The Morgan fingerprint density at radius 2 is 1.95 bits per heavy atom. The summed E-state index contributed by atoms with van der Waals surface area (Å²) >= 11 is 11.8. The quantitative estimate of drug-likeness (QED) is 0.921. The van der Waals surface area contributed by atoms with Crippen molar-refractivity contribution in [1.82, 2.24) is 4.90 Å². The Kier molecular flexibility index (Phi) is 6.11. The molecule has 1 amide bonds. The van der Waals surface area contributed by atoms with Crippen molar-refractivity contribution < 1.29 is 9.53 Å². The van der Waals surface area contributed by atoms with E-state index >= 15 is 0 Å². The maximum atomic E-state index is 12.1. The van der Waals surface area contributed by atoms with Gasteiger partial charge in [0.1, 0.15) is 5.60 Å². The molecule has 0 aliphatic heterocycles. The molecule has 2 N–H and O–H groups in total. The van der Waals surface area contributed by atoms with Gasteiger partial charge >= 0.3 is 6.09 Å². The second-order valence-electron chi connectivity index (χ2n) is 5.44. The van der Waals surface area contributed by atoms with Gasteiger partial charge in [0.2, 0.25) is 0 Å². The Balaban J connectivity index is 2.80. The van der Waals surface area contributed by atoms with Gasteiger partial charge in [-0.15, -0.1) is 0 Å². The second kappa shape index (κ2) is 7.16. The predicted molar refractivity (Wildman–Crippen MR) is 82.2 cm³/mol. The highest BCUT2D eigenvalue weighted by molar-refractivity contribution is 6.42. The molecule has 0 saturated heterocycles. The number of benzene rings is 1. The summed E-state index contributed by atoms with van der Waals surface area (Å²) in [6.07, 6.45) is -0.394. The van der Waals surface area contributed by atoms with Crippen molar-refractivity contribution in [1.29, 1.82) is 0 Å². The first-order valence-corrected chi connectivity index (χ1v) is 7.10. The zero-order valence-corrected chi connectivity index (χ0v) is 13.5. The molecule has 0 spiro atoms. The van der Waals surface area contributed by atoms with Crippen LogP contribution in [0.15, 0.2) is 18.2 Å². The first-order valence-electron chi connectivity index (χ1n) is 6.35. The summed E-state index contributed by atoms with van der Waals surface area (Å²) in [6.45, 7) is 6.62. The Morgan fingerprint density at radius 1 is 1.30 bits per heavy atom. The summed E-state index contributed by atoms with van der Waals surface area (Å²) < 4.78 is 5.35. The molecule has 4 nitrogen and oxygen atoms in total. The zero-order valence-electron chi connectivity index (χ0n) is 12.0. The summed E-state index contributed by atoms with van der Waals surface area (Å²) in [4.78, 5) is 13.6. The van der Waals surface area contributed by atoms with E-state index in [9.17, 15) is 4.79 Å². The summed E-state index contributed by atoms with van der Waals surface area (Å²) in [5.74, 6) is 0. The first kappa shape index (κ1) is 17.1. The van der Waals surface area contributed by atoms with E-state index in [1.54, 1.807) is 17.0 Å². The van der Waals surface area contributed by atoms with Crippen LogP contribution in [0.5, 0.6) is 0 Å². The van der Waals surface area contributed by atoms with E-state index < -0.39 is 11.7 Å². The molecular weight excluding hydrogens is 299 g/mol. The van der Waals surface area contributed by atoms with E-state index in [1.165, 1.54) is 0 Å². The zero-order chi connectivity index (χ0) is 15.3. The number of hydrogen-bond acceptors (Lipinski definition) is 3. The summed E-state index contributed by atoms with van der Waals surface area (Å²) in [7, 11) is 0. The van der Waals surface area contributed by atoms with Crippen molar-refractivity contribution in [3.05, 3.63) is 33.8 Å². The minimum absolute atomic E-state index is 0.362. The predicted octanol–water partition coefficient (Wildman–Crippen LogP) is 3.69. The van der Waals surface area contributed by atoms with Crippen molar-refractivity contribution in [3.63, 3.8) is 0 Å². The maximum absolute atomic E-state index is 12.1. The molecule has 0 radical (unpaired) electrons. The molecule has 0 fully saturated rings.